The number of rotatable bonds is 3. The molecule has 0 aromatic heterocycles. The summed E-state index contributed by atoms with van der Waals surface area (Å²) in [6.45, 7) is 1.96. The Kier molecular flexibility index (Phi) is 4.92. The van der Waals surface area contributed by atoms with Gasteiger partial charge in [-0.3, -0.25) is 9.59 Å². The Balaban J connectivity index is 1.62. The molecule has 1 aliphatic rings. The van der Waals surface area contributed by atoms with Crippen LogP contribution in [-0.4, -0.2) is 18.9 Å². The standard InChI is InChI=1S/C23H20N2O2S/c1-15(16-8-4-3-5-9-16)24-22(26)17-12-13-21-19(14-17)25(2)23(27)18-10-6-7-11-20(18)28-21/h3-15H,1-2H3,(H,24,26). The molecule has 0 spiro atoms. The largest absolute Gasteiger partial charge is 0.346 e. The molecule has 1 heterocycles. The fourth-order valence-corrected chi connectivity index (χ4v) is 4.34. The fourth-order valence-electron chi connectivity index (χ4n) is 3.25. The molecule has 4 rings (SSSR count). The van der Waals surface area contributed by atoms with E-state index in [0.29, 0.717) is 11.1 Å². The van der Waals surface area contributed by atoms with Gasteiger partial charge in [-0.1, -0.05) is 54.2 Å². The van der Waals surface area contributed by atoms with Crippen LogP contribution in [-0.2, 0) is 0 Å². The van der Waals surface area contributed by atoms with Gasteiger partial charge in [-0.15, -0.1) is 0 Å². The zero-order valence-corrected chi connectivity index (χ0v) is 16.5. The van der Waals surface area contributed by atoms with Crippen LogP contribution in [0.15, 0.2) is 82.6 Å². The molecule has 0 fully saturated rings. The average Bonchev–Trinajstić information content (AvgIpc) is 2.83. The van der Waals surface area contributed by atoms with Crippen molar-refractivity contribution < 1.29 is 9.59 Å². The van der Waals surface area contributed by atoms with Crippen molar-refractivity contribution in [2.75, 3.05) is 11.9 Å². The van der Waals surface area contributed by atoms with E-state index in [4.69, 9.17) is 0 Å². The number of nitrogens with one attached hydrogen (secondary N) is 1. The van der Waals surface area contributed by atoms with Gasteiger partial charge in [0.15, 0.2) is 0 Å². The van der Waals surface area contributed by atoms with Crippen molar-refractivity contribution in [3.05, 3.63) is 89.5 Å². The molecule has 0 saturated carbocycles. The molecule has 1 N–H and O–H groups in total. The highest BCUT2D eigenvalue weighted by Gasteiger charge is 2.25. The third-order valence-corrected chi connectivity index (χ3v) is 6.01. The second-order valence-corrected chi connectivity index (χ2v) is 7.83. The minimum absolute atomic E-state index is 0.0722. The Bertz CT molecular complexity index is 1050. The minimum atomic E-state index is -0.160. The molecule has 140 valence electrons. The first-order valence-corrected chi connectivity index (χ1v) is 9.91. The lowest BCUT2D eigenvalue weighted by Gasteiger charge is -2.19. The van der Waals surface area contributed by atoms with Gasteiger partial charge < -0.3 is 10.2 Å². The Hall–Kier alpha value is -3.05. The van der Waals surface area contributed by atoms with E-state index in [0.717, 1.165) is 21.0 Å². The molecule has 0 bridgehead atoms. The van der Waals surface area contributed by atoms with Crippen LogP contribution in [0.25, 0.3) is 0 Å². The lowest BCUT2D eigenvalue weighted by molar-refractivity contribution is 0.0937. The van der Waals surface area contributed by atoms with Gasteiger partial charge in [-0.05, 0) is 42.8 Å². The van der Waals surface area contributed by atoms with Crippen molar-refractivity contribution in [1.29, 1.82) is 0 Å². The summed E-state index contributed by atoms with van der Waals surface area (Å²) in [6, 6.07) is 22.8. The lowest BCUT2D eigenvalue weighted by Crippen LogP contribution is -2.28. The lowest BCUT2D eigenvalue weighted by atomic mass is 10.1. The molecule has 0 aliphatic carbocycles. The van der Waals surface area contributed by atoms with Gasteiger partial charge in [-0.25, -0.2) is 0 Å². The summed E-state index contributed by atoms with van der Waals surface area (Å²) >= 11 is 1.55. The monoisotopic (exact) mass is 388 g/mol. The summed E-state index contributed by atoms with van der Waals surface area (Å²) in [5.74, 6) is -0.233. The maximum Gasteiger partial charge on any atom is 0.259 e. The molecule has 2 amide bonds. The number of hydrogen-bond donors (Lipinski definition) is 1. The smallest absolute Gasteiger partial charge is 0.259 e. The van der Waals surface area contributed by atoms with Gasteiger partial charge in [0.1, 0.15) is 0 Å². The summed E-state index contributed by atoms with van der Waals surface area (Å²) in [5.41, 5.74) is 3.00. The second kappa shape index (κ2) is 7.52. The second-order valence-electron chi connectivity index (χ2n) is 6.75. The Morgan fingerprint density at radius 1 is 0.964 bits per heavy atom. The quantitative estimate of drug-likeness (QED) is 0.693. The molecule has 4 nitrogen and oxygen atoms in total. The number of amides is 2. The van der Waals surface area contributed by atoms with Crippen LogP contribution in [0.2, 0.25) is 0 Å². The van der Waals surface area contributed by atoms with E-state index >= 15 is 0 Å². The highest BCUT2D eigenvalue weighted by molar-refractivity contribution is 7.99. The highest BCUT2D eigenvalue weighted by atomic mass is 32.2. The summed E-state index contributed by atoms with van der Waals surface area (Å²) < 4.78 is 0. The van der Waals surface area contributed by atoms with Gasteiger partial charge in [0.25, 0.3) is 11.8 Å². The van der Waals surface area contributed by atoms with E-state index in [1.165, 1.54) is 0 Å². The Labute approximate surface area is 168 Å². The third-order valence-electron chi connectivity index (χ3n) is 4.87. The molecule has 3 aromatic carbocycles. The van der Waals surface area contributed by atoms with Gasteiger partial charge in [0.2, 0.25) is 0 Å². The molecule has 0 saturated heterocycles. The number of carbonyl (C=O) groups excluding carboxylic acids is 2. The van der Waals surface area contributed by atoms with E-state index in [2.05, 4.69) is 5.32 Å². The number of benzene rings is 3. The summed E-state index contributed by atoms with van der Waals surface area (Å²) in [5, 5.41) is 3.03. The van der Waals surface area contributed by atoms with E-state index < -0.39 is 0 Å². The van der Waals surface area contributed by atoms with Crippen molar-refractivity contribution in [1.82, 2.24) is 5.32 Å². The number of hydrogen-bond acceptors (Lipinski definition) is 3. The van der Waals surface area contributed by atoms with Crippen LogP contribution in [0.4, 0.5) is 5.69 Å². The van der Waals surface area contributed by atoms with Crippen LogP contribution in [0.1, 0.15) is 39.2 Å². The number of anilines is 1. The van der Waals surface area contributed by atoms with E-state index in [1.807, 2.05) is 73.7 Å². The number of carbonyl (C=O) groups is 2. The Morgan fingerprint density at radius 3 is 2.46 bits per heavy atom. The zero-order valence-electron chi connectivity index (χ0n) is 15.7. The highest BCUT2D eigenvalue weighted by Crippen LogP contribution is 2.41. The van der Waals surface area contributed by atoms with Crippen LogP contribution in [0, 0.1) is 0 Å². The van der Waals surface area contributed by atoms with Crippen LogP contribution in [0.5, 0.6) is 0 Å². The van der Waals surface area contributed by atoms with Gasteiger partial charge >= 0.3 is 0 Å². The number of fused-ring (bicyclic) bond motifs is 2. The Morgan fingerprint density at radius 2 is 1.68 bits per heavy atom. The summed E-state index contributed by atoms with van der Waals surface area (Å²) in [7, 11) is 1.75. The first kappa shape index (κ1) is 18.3. The van der Waals surface area contributed by atoms with Crippen LogP contribution < -0.4 is 10.2 Å². The molecule has 1 atom stereocenters. The minimum Gasteiger partial charge on any atom is -0.346 e. The van der Waals surface area contributed by atoms with Crippen molar-refractivity contribution in [2.24, 2.45) is 0 Å². The molecule has 1 unspecified atom stereocenters. The third kappa shape index (κ3) is 3.41. The average molecular weight is 388 g/mol. The molecular formula is C23H20N2O2S. The number of nitrogens with zero attached hydrogens (tertiary/aromatic N) is 1. The maximum absolute atomic E-state index is 12.9. The molecule has 3 aromatic rings. The van der Waals surface area contributed by atoms with E-state index in [-0.39, 0.29) is 17.9 Å². The van der Waals surface area contributed by atoms with Gasteiger partial charge in [0, 0.05) is 22.4 Å². The molecule has 0 radical (unpaired) electrons. The van der Waals surface area contributed by atoms with Crippen molar-refractivity contribution in [2.45, 2.75) is 22.8 Å². The van der Waals surface area contributed by atoms with Gasteiger partial charge in [0.05, 0.1) is 17.3 Å². The van der Waals surface area contributed by atoms with Crippen LogP contribution in [0.3, 0.4) is 0 Å². The maximum atomic E-state index is 12.9. The molecular weight excluding hydrogens is 368 g/mol. The fraction of sp³-hybridized carbons (Fsp3) is 0.130. The van der Waals surface area contributed by atoms with Crippen LogP contribution >= 0.6 is 11.8 Å². The van der Waals surface area contributed by atoms with E-state index in [9.17, 15) is 9.59 Å². The predicted molar refractivity (Wildman–Crippen MR) is 112 cm³/mol. The normalized spacial score (nSPS) is 13.9. The molecule has 1 aliphatic heterocycles. The first-order chi connectivity index (χ1) is 13.5. The summed E-state index contributed by atoms with van der Waals surface area (Å²) in [6.07, 6.45) is 0. The topological polar surface area (TPSA) is 49.4 Å². The van der Waals surface area contributed by atoms with Gasteiger partial charge in [-0.2, -0.15) is 0 Å². The van der Waals surface area contributed by atoms with Crippen molar-refractivity contribution >= 4 is 29.3 Å². The van der Waals surface area contributed by atoms with Crippen molar-refractivity contribution in [3.8, 4) is 0 Å². The zero-order chi connectivity index (χ0) is 19.7. The summed E-state index contributed by atoms with van der Waals surface area (Å²) in [4.78, 5) is 29.1. The first-order valence-electron chi connectivity index (χ1n) is 9.09. The van der Waals surface area contributed by atoms with Crippen molar-refractivity contribution in [3.63, 3.8) is 0 Å². The molecule has 5 heteroatoms. The van der Waals surface area contributed by atoms with E-state index in [1.54, 1.807) is 29.8 Å². The SMILES string of the molecule is CC(NC(=O)c1ccc2c(c1)N(C)C(=O)c1ccccc1S2)c1ccccc1. The molecule has 28 heavy (non-hydrogen) atoms. The predicted octanol–water partition coefficient (Wildman–Crippen LogP) is 4.92.